The SMILES string of the molecule is CC(CCn1cnc2c1c(=O)n(C)c(=O)n2C)NC(CO)c1ccc(O)c(O)c1. The monoisotopic (exact) mass is 403 g/mol. The van der Waals surface area contributed by atoms with Crippen LogP contribution in [0, 0.1) is 0 Å². The van der Waals surface area contributed by atoms with E-state index in [0.717, 1.165) is 4.57 Å². The fraction of sp³-hybridized carbons (Fsp3) is 0.421. The predicted octanol–water partition coefficient (Wildman–Crippen LogP) is -0.0533. The lowest BCUT2D eigenvalue weighted by atomic mass is 10.1. The molecule has 0 aliphatic carbocycles. The zero-order valence-electron chi connectivity index (χ0n) is 16.5. The van der Waals surface area contributed by atoms with Gasteiger partial charge in [-0.3, -0.25) is 13.9 Å². The standard InChI is InChI=1S/C19H25N5O5/c1-11(21-13(9-25)12-4-5-14(26)15(27)8-12)6-7-24-10-20-17-16(24)18(28)23(3)19(29)22(17)2/h4-5,8,10-11,13,21,25-27H,6-7,9H2,1-3H3. The molecular formula is C19H25N5O5. The number of aromatic nitrogens is 4. The van der Waals surface area contributed by atoms with Crippen molar-refractivity contribution in [2.75, 3.05) is 6.61 Å². The van der Waals surface area contributed by atoms with Gasteiger partial charge in [0.1, 0.15) is 0 Å². The van der Waals surface area contributed by atoms with Gasteiger partial charge >= 0.3 is 5.69 Å². The van der Waals surface area contributed by atoms with Crippen LogP contribution in [0.3, 0.4) is 0 Å². The van der Waals surface area contributed by atoms with Crippen LogP contribution in [0.5, 0.6) is 11.5 Å². The number of nitrogens with one attached hydrogen (secondary N) is 1. The lowest BCUT2D eigenvalue weighted by Crippen LogP contribution is -2.37. The second-order valence-electron chi connectivity index (χ2n) is 7.16. The van der Waals surface area contributed by atoms with Crippen molar-refractivity contribution in [3.05, 3.63) is 50.9 Å². The Hall–Kier alpha value is -3.11. The molecule has 0 saturated carbocycles. The molecule has 2 unspecified atom stereocenters. The third-order valence-electron chi connectivity index (χ3n) is 5.09. The Balaban J connectivity index is 1.75. The molecule has 29 heavy (non-hydrogen) atoms. The molecule has 4 N–H and O–H groups in total. The predicted molar refractivity (Wildman–Crippen MR) is 107 cm³/mol. The molecule has 2 heterocycles. The number of benzene rings is 1. The van der Waals surface area contributed by atoms with Crippen LogP contribution in [0.4, 0.5) is 0 Å². The Morgan fingerprint density at radius 2 is 1.86 bits per heavy atom. The molecule has 3 aromatic rings. The number of fused-ring (bicyclic) bond motifs is 1. The minimum atomic E-state index is -0.426. The number of nitrogens with zero attached hydrogens (tertiary/aromatic N) is 4. The molecule has 0 aliphatic rings. The van der Waals surface area contributed by atoms with Crippen LogP contribution in [-0.2, 0) is 20.6 Å². The molecule has 0 saturated heterocycles. The summed E-state index contributed by atoms with van der Waals surface area (Å²) in [4.78, 5) is 28.7. The van der Waals surface area contributed by atoms with E-state index in [1.165, 1.54) is 23.7 Å². The highest BCUT2D eigenvalue weighted by molar-refractivity contribution is 5.69. The van der Waals surface area contributed by atoms with Crippen molar-refractivity contribution in [3.8, 4) is 11.5 Å². The summed E-state index contributed by atoms with van der Waals surface area (Å²) < 4.78 is 4.12. The van der Waals surface area contributed by atoms with Gasteiger partial charge in [-0.05, 0) is 31.0 Å². The first-order chi connectivity index (χ1) is 13.7. The van der Waals surface area contributed by atoms with Crippen molar-refractivity contribution in [1.29, 1.82) is 0 Å². The number of hydrogen-bond acceptors (Lipinski definition) is 7. The van der Waals surface area contributed by atoms with Gasteiger partial charge in [0, 0.05) is 26.7 Å². The van der Waals surface area contributed by atoms with E-state index in [9.17, 15) is 24.9 Å². The number of aliphatic hydroxyl groups excluding tert-OH is 1. The number of aromatic hydroxyl groups is 2. The summed E-state index contributed by atoms with van der Waals surface area (Å²) in [5.41, 5.74) is 0.529. The number of aryl methyl sites for hydroxylation is 2. The second kappa shape index (κ2) is 8.10. The highest BCUT2D eigenvalue weighted by atomic mass is 16.3. The van der Waals surface area contributed by atoms with Gasteiger partial charge in [-0.1, -0.05) is 6.07 Å². The van der Waals surface area contributed by atoms with Crippen LogP contribution >= 0.6 is 0 Å². The molecule has 156 valence electrons. The van der Waals surface area contributed by atoms with Crippen LogP contribution in [0.15, 0.2) is 34.1 Å². The van der Waals surface area contributed by atoms with Crippen molar-refractivity contribution in [1.82, 2.24) is 24.0 Å². The third-order valence-corrected chi connectivity index (χ3v) is 5.09. The Morgan fingerprint density at radius 3 is 2.52 bits per heavy atom. The van der Waals surface area contributed by atoms with Gasteiger partial charge in [-0.15, -0.1) is 0 Å². The average molecular weight is 403 g/mol. The van der Waals surface area contributed by atoms with Gasteiger partial charge < -0.3 is 25.2 Å². The Bertz CT molecular complexity index is 1150. The maximum absolute atomic E-state index is 12.5. The van der Waals surface area contributed by atoms with E-state index >= 15 is 0 Å². The quantitative estimate of drug-likeness (QED) is 0.406. The van der Waals surface area contributed by atoms with Crippen molar-refractivity contribution in [2.45, 2.75) is 32.0 Å². The van der Waals surface area contributed by atoms with Crippen molar-refractivity contribution < 1.29 is 15.3 Å². The van der Waals surface area contributed by atoms with Gasteiger partial charge in [0.05, 0.1) is 19.0 Å². The highest BCUT2D eigenvalue weighted by Crippen LogP contribution is 2.28. The van der Waals surface area contributed by atoms with E-state index in [4.69, 9.17) is 0 Å². The van der Waals surface area contributed by atoms with Gasteiger partial charge in [0.2, 0.25) is 0 Å². The largest absolute Gasteiger partial charge is 0.504 e. The van der Waals surface area contributed by atoms with E-state index in [1.54, 1.807) is 24.0 Å². The molecule has 2 aromatic heterocycles. The molecule has 0 aliphatic heterocycles. The van der Waals surface area contributed by atoms with Crippen molar-refractivity contribution >= 4 is 11.2 Å². The average Bonchev–Trinajstić information content (AvgIpc) is 3.13. The summed E-state index contributed by atoms with van der Waals surface area (Å²) in [6.45, 7) is 2.23. The minimum absolute atomic E-state index is 0.0445. The first-order valence-corrected chi connectivity index (χ1v) is 9.24. The maximum Gasteiger partial charge on any atom is 0.332 e. The van der Waals surface area contributed by atoms with Crippen LogP contribution in [-0.4, -0.2) is 46.7 Å². The summed E-state index contributed by atoms with van der Waals surface area (Å²) in [5, 5.41) is 32.1. The zero-order valence-corrected chi connectivity index (χ0v) is 16.5. The molecule has 0 amide bonds. The second-order valence-corrected chi connectivity index (χ2v) is 7.16. The zero-order chi connectivity index (χ0) is 21.3. The Labute approximate surface area is 166 Å². The number of hydrogen-bond donors (Lipinski definition) is 4. The van der Waals surface area contributed by atoms with Crippen molar-refractivity contribution in [3.63, 3.8) is 0 Å². The molecule has 10 heteroatoms. The number of rotatable bonds is 7. The minimum Gasteiger partial charge on any atom is -0.504 e. The fourth-order valence-corrected chi connectivity index (χ4v) is 3.34. The molecule has 1 aromatic carbocycles. The molecule has 0 radical (unpaired) electrons. The van der Waals surface area contributed by atoms with Gasteiger partial charge in [0.25, 0.3) is 5.56 Å². The summed E-state index contributed by atoms with van der Waals surface area (Å²) in [5.74, 6) is -0.469. The molecule has 0 bridgehead atoms. The number of phenols is 2. The van der Waals surface area contributed by atoms with Crippen LogP contribution in [0.2, 0.25) is 0 Å². The number of aliphatic hydroxyl groups is 1. The molecule has 0 spiro atoms. The highest BCUT2D eigenvalue weighted by Gasteiger charge is 2.17. The summed E-state index contributed by atoms with van der Waals surface area (Å²) in [7, 11) is 3.01. The molecule has 3 rings (SSSR count). The lowest BCUT2D eigenvalue weighted by Gasteiger charge is -2.22. The van der Waals surface area contributed by atoms with E-state index < -0.39 is 17.3 Å². The number of imidazole rings is 1. The van der Waals surface area contributed by atoms with Gasteiger partial charge in [-0.2, -0.15) is 0 Å². The first kappa shape index (κ1) is 20.6. The van der Waals surface area contributed by atoms with Gasteiger partial charge in [0.15, 0.2) is 22.7 Å². The molecule has 0 fully saturated rings. The summed E-state index contributed by atoms with van der Waals surface area (Å²) in [6.07, 6.45) is 2.16. The smallest absolute Gasteiger partial charge is 0.332 e. The van der Waals surface area contributed by atoms with E-state index in [1.807, 2.05) is 6.92 Å². The molecule has 2 atom stereocenters. The first-order valence-electron chi connectivity index (χ1n) is 9.24. The Kier molecular flexibility index (Phi) is 5.76. The van der Waals surface area contributed by atoms with Crippen LogP contribution in [0.1, 0.15) is 24.9 Å². The maximum atomic E-state index is 12.5. The lowest BCUT2D eigenvalue weighted by molar-refractivity contribution is 0.231. The summed E-state index contributed by atoms with van der Waals surface area (Å²) >= 11 is 0. The van der Waals surface area contributed by atoms with E-state index in [-0.39, 0.29) is 24.1 Å². The van der Waals surface area contributed by atoms with E-state index in [0.29, 0.717) is 29.7 Å². The normalized spacial score (nSPS) is 13.7. The Morgan fingerprint density at radius 1 is 1.14 bits per heavy atom. The fourth-order valence-electron chi connectivity index (χ4n) is 3.34. The van der Waals surface area contributed by atoms with Crippen LogP contribution in [0.25, 0.3) is 11.2 Å². The van der Waals surface area contributed by atoms with Crippen LogP contribution < -0.4 is 16.6 Å². The van der Waals surface area contributed by atoms with Crippen molar-refractivity contribution in [2.24, 2.45) is 14.1 Å². The summed E-state index contributed by atoms with van der Waals surface area (Å²) in [6, 6.07) is 3.94. The molecule has 10 nitrogen and oxygen atoms in total. The number of phenolic OH excluding ortho intramolecular Hbond substituents is 2. The topological polar surface area (TPSA) is 135 Å². The van der Waals surface area contributed by atoms with Gasteiger partial charge in [-0.25, -0.2) is 9.78 Å². The molecular weight excluding hydrogens is 378 g/mol. The van der Waals surface area contributed by atoms with E-state index in [2.05, 4.69) is 10.3 Å². The third kappa shape index (κ3) is 3.89.